The van der Waals surface area contributed by atoms with Gasteiger partial charge in [-0.25, -0.2) is 4.98 Å². The zero-order chi connectivity index (χ0) is 38.7. The van der Waals surface area contributed by atoms with Crippen LogP contribution in [0.5, 0.6) is 11.5 Å². The number of hydrogen-bond donors (Lipinski definition) is 2. The SMILES string of the molecule is C#C[C@]1(O)CC[C@H]2[C@@H]3CCc4cc(OC5CCCC5)ccc4[C@H]3CC[C@@]21C.CCN(CC)CCCC(C)Nc1c2ccc(Cl)cc2nc2ccc(OC)cc12.Cl. The molecule has 1 unspecified atom stereocenters. The highest BCUT2D eigenvalue weighted by Crippen LogP contribution is 2.64. The number of pyridine rings is 1. The Morgan fingerprint density at radius 3 is 2.46 bits per heavy atom. The lowest BCUT2D eigenvalue weighted by atomic mass is 9.53. The highest BCUT2D eigenvalue weighted by atomic mass is 35.5. The maximum atomic E-state index is 11.1. The Kier molecular flexibility index (Phi) is 13.7. The van der Waals surface area contributed by atoms with Gasteiger partial charge in [-0.15, -0.1) is 18.8 Å². The Hall–Kier alpha value is -3.21. The van der Waals surface area contributed by atoms with Crippen molar-refractivity contribution >= 4 is 51.5 Å². The van der Waals surface area contributed by atoms with Gasteiger partial charge in [0, 0.05) is 27.3 Å². The number of terminal acetylenes is 1. The van der Waals surface area contributed by atoms with Crippen LogP contribution in [0.1, 0.15) is 115 Å². The first-order valence-electron chi connectivity index (χ1n) is 21.1. The number of methoxy groups -OCH3 is 1. The first kappa shape index (κ1) is 42.4. The number of aryl methyl sites for hydroxylation is 1. The lowest BCUT2D eigenvalue weighted by molar-refractivity contribution is -0.0647. The molecule has 2 N–H and O–H groups in total. The third-order valence-corrected chi connectivity index (χ3v) is 14.3. The van der Waals surface area contributed by atoms with Gasteiger partial charge in [0.15, 0.2) is 0 Å². The van der Waals surface area contributed by atoms with Crippen LogP contribution in [0.4, 0.5) is 5.69 Å². The molecule has 3 fully saturated rings. The average Bonchev–Trinajstić information content (AvgIpc) is 3.81. The fourth-order valence-electron chi connectivity index (χ4n) is 10.7. The number of benzene rings is 3. The van der Waals surface area contributed by atoms with Crippen LogP contribution >= 0.6 is 24.0 Å². The van der Waals surface area contributed by atoms with Gasteiger partial charge in [0.2, 0.25) is 0 Å². The van der Waals surface area contributed by atoms with Crippen molar-refractivity contribution < 1.29 is 14.6 Å². The number of nitrogens with zero attached hydrogens (tertiary/aromatic N) is 2. The van der Waals surface area contributed by atoms with E-state index in [1.54, 1.807) is 12.7 Å². The zero-order valence-electron chi connectivity index (χ0n) is 34.2. The van der Waals surface area contributed by atoms with Crippen LogP contribution in [0, 0.1) is 29.6 Å². The molecule has 0 bridgehead atoms. The van der Waals surface area contributed by atoms with E-state index in [4.69, 9.17) is 32.5 Å². The lowest BCUT2D eigenvalue weighted by Gasteiger charge is -2.52. The fourth-order valence-corrected chi connectivity index (χ4v) is 10.9. The van der Waals surface area contributed by atoms with Crippen LogP contribution in [0.2, 0.25) is 5.02 Å². The number of fused-ring (bicyclic) bond motifs is 7. The summed E-state index contributed by atoms with van der Waals surface area (Å²) in [6, 6.07) is 19.1. The summed E-state index contributed by atoms with van der Waals surface area (Å²) in [7, 11) is 1.69. The molecule has 4 aliphatic rings. The molecule has 0 amide bonds. The van der Waals surface area contributed by atoms with Gasteiger partial charge in [0.25, 0.3) is 0 Å². The van der Waals surface area contributed by atoms with E-state index in [9.17, 15) is 5.11 Å². The smallest absolute Gasteiger partial charge is 0.130 e. The second kappa shape index (κ2) is 18.2. The Morgan fingerprint density at radius 2 is 1.73 bits per heavy atom. The van der Waals surface area contributed by atoms with Crippen LogP contribution < -0.4 is 14.8 Å². The highest BCUT2D eigenvalue weighted by Gasteiger charge is 2.61. The van der Waals surface area contributed by atoms with Crippen molar-refractivity contribution in [1.82, 2.24) is 9.88 Å². The summed E-state index contributed by atoms with van der Waals surface area (Å²) in [5.74, 6) is 6.53. The van der Waals surface area contributed by atoms with Crippen LogP contribution in [0.25, 0.3) is 21.8 Å². The first-order chi connectivity index (χ1) is 26.6. The number of aromatic nitrogens is 1. The molecule has 6 atom stereocenters. The highest BCUT2D eigenvalue weighted by molar-refractivity contribution is 6.31. The molecule has 4 aliphatic carbocycles. The van der Waals surface area contributed by atoms with Gasteiger partial charge in [0.05, 0.1) is 29.9 Å². The molecule has 0 spiro atoms. The number of hydrogen-bond acceptors (Lipinski definition) is 6. The minimum atomic E-state index is -0.901. The minimum absolute atomic E-state index is 0. The molecule has 0 radical (unpaired) electrons. The first-order valence-corrected chi connectivity index (χ1v) is 21.5. The van der Waals surface area contributed by atoms with E-state index in [1.165, 1.54) is 44.1 Å². The number of nitrogens with one attached hydrogen (secondary N) is 1. The molecule has 56 heavy (non-hydrogen) atoms. The van der Waals surface area contributed by atoms with Crippen LogP contribution in [0.3, 0.4) is 0 Å². The van der Waals surface area contributed by atoms with Crippen molar-refractivity contribution in [2.24, 2.45) is 17.3 Å². The van der Waals surface area contributed by atoms with Gasteiger partial charge in [-0.2, -0.15) is 0 Å². The number of ether oxygens (including phenoxy) is 2. The molecule has 3 saturated carbocycles. The van der Waals surface area contributed by atoms with Gasteiger partial charge in [-0.05, 0) is 181 Å². The maximum Gasteiger partial charge on any atom is 0.130 e. The summed E-state index contributed by atoms with van der Waals surface area (Å²) < 4.78 is 11.7. The predicted octanol–water partition coefficient (Wildman–Crippen LogP) is 11.6. The summed E-state index contributed by atoms with van der Waals surface area (Å²) in [4.78, 5) is 7.27. The Balaban J connectivity index is 0.000000187. The summed E-state index contributed by atoms with van der Waals surface area (Å²) in [6.45, 7) is 12.3. The molecule has 0 aliphatic heterocycles. The quantitative estimate of drug-likeness (QED) is 0.116. The van der Waals surface area contributed by atoms with E-state index in [0.29, 0.717) is 34.9 Å². The lowest BCUT2D eigenvalue weighted by Crippen LogP contribution is -2.50. The molecule has 8 heteroatoms. The van der Waals surface area contributed by atoms with Crippen molar-refractivity contribution in [2.75, 3.05) is 32.1 Å². The number of anilines is 1. The molecule has 302 valence electrons. The Morgan fingerprint density at radius 1 is 0.964 bits per heavy atom. The van der Waals surface area contributed by atoms with Crippen LogP contribution in [0.15, 0.2) is 54.6 Å². The molecular formula is C48H63Cl2N3O3. The van der Waals surface area contributed by atoms with Gasteiger partial charge in [0.1, 0.15) is 17.1 Å². The molecular weight excluding hydrogens is 737 g/mol. The third kappa shape index (κ3) is 8.49. The second-order valence-corrected chi connectivity index (χ2v) is 17.5. The van der Waals surface area contributed by atoms with Crippen molar-refractivity contribution in [3.63, 3.8) is 0 Å². The zero-order valence-corrected chi connectivity index (χ0v) is 35.8. The van der Waals surface area contributed by atoms with E-state index in [0.717, 1.165) is 97.2 Å². The molecule has 1 aromatic heterocycles. The van der Waals surface area contributed by atoms with E-state index < -0.39 is 5.60 Å². The second-order valence-electron chi connectivity index (χ2n) is 17.0. The third-order valence-electron chi connectivity index (χ3n) is 14.0. The monoisotopic (exact) mass is 799 g/mol. The van der Waals surface area contributed by atoms with E-state index in [2.05, 4.69) is 74.2 Å². The Labute approximate surface area is 346 Å². The number of rotatable bonds is 11. The molecule has 4 aromatic rings. The predicted molar refractivity (Wildman–Crippen MR) is 236 cm³/mol. The van der Waals surface area contributed by atoms with Crippen molar-refractivity contribution in [3.8, 4) is 23.8 Å². The van der Waals surface area contributed by atoms with Crippen molar-refractivity contribution in [3.05, 3.63) is 70.7 Å². The van der Waals surface area contributed by atoms with Crippen molar-refractivity contribution in [2.45, 2.75) is 128 Å². The summed E-state index contributed by atoms with van der Waals surface area (Å²) >= 11 is 6.22. The average molecular weight is 801 g/mol. The molecule has 1 heterocycles. The largest absolute Gasteiger partial charge is 0.497 e. The number of aliphatic hydroxyl groups is 1. The summed E-state index contributed by atoms with van der Waals surface area (Å²) in [5, 5.41) is 17.7. The maximum absolute atomic E-state index is 11.1. The van der Waals surface area contributed by atoms with Crippen LogP contribution in [-0.4, -0.2) is 59.5 Å². The normalized spacial score (nSPS) is 25.9. The van der Waals surface area contributed by atoms with E-state index in [-0.39, 0.29) is 17.8 Å². The topological polar surface area (TPSA) is 66.9 Å². The molecule has 0 saturated heterocycles. The molecule has 3 aromatic carbocycles. The van der Waals surface area contributed by atoms with Crippen molar-refractivity contribution in [1.29, 1.82) is 0 Å². The van der Waals surface area contributed by atoms with Gasteiger partial charge < -0.3 is 24.8 Å². The summed E-state index contributed by atoms with van der Waals surface area (Å²) in [6.07, 6.45) is 19.9. The fraction of sp³-hybridized carbons (Fsp3) is 0.562. The van der Waals surface area contributed by atoms with Gasteiger partial charge in [-0.1, -0.05) is 44.4 Å². The Bertz CT molecular complexity index is 2010. The molecule has 6 nitrogen and oxygen atoms in total. The standard InChI is InChI=1S/C25H32O2.C23H30ClN3O.ClH/c1-3-25(26)15-13-23-22-10-8-17-16-19(27-18-6-4-5-7-18)9-11-20(17)21(22)12-14-24(23,25)2;1-5-27(6-2)13-7-8-16(3)25-23-19-11-9-17(24)14-22(19)26-21-12-10-18(28-4)15-20(21)23;/h1,9,11,16,18,21-23,26H,4-8,10,12-15H2,2H3;9-12,14-16H,5-8,13H2,1-4H3,(H,25,26);1H/t21-,22-,23+,24+,25+;;/m1../s1. The van der Waals surface area contributed by atoms with E-state index in [1.807, 2.05) is 24.3 Å². The number of halogens is 2. The van der Waals surface area contributed by atoms with E-state index >= 15 is 0 Å². The van der Waals surface area contributed by atoms with Crippen LogP contribution in [-0.2, 0) is 6.42 Å². The van der Waals surface area contributed by atoms with Gasteiger partial charge >= 0.3 is 0 Å². The molecule has 8 rings (SSSR count). The minimum Gasteiger partial charge on any atom is -0.497 e. The summed E-state index contributed by atoms with van der Waals surface area (Å²) in [5.41, 5.74) is 4.99. The van der Waals surface area contributed by atoms with Gasteiger partial charge in [-0.3, -0.25) is 0 Å².